The first-order chi connectivity index (χ1) is 8.89. The van der Waals surface area contributed by atoms with Crippen molar-refractivity contribution in [2.45, 2.75) is 39.3 Å². The lowest BCUT2D eigenvalue weighted by Gasteiger charge is -2.23. The fourth-order valence-electron chi connectivity index (χ4n) is 1.66. The van der Waals surface area contributed by atoms with Gasteiger partial charge >= 0.3 is 0 Å². The first-order valence-corrected chi connectivity index (χ1v) is 5.97. The van der Waals surface area contributed by atoms with E-state index in [2.05, 4.69) is 30.9 Å². The fraction of sp³-hybridized carbons (Fsp3) is 0.545. The van der Waals surface area contributed by atoms with Crippen molar-refractivity contribution in [3.8, 4) is 0 Å². The van der Waals surface area contributed by atoms with Crippen molar-refractivity contribution >= 4 is 5.82 Å². The zero-order valence-electron chi connectivity index (χ0n) is 11.4. The predicted molar refractivity (Wildman–Crippen MR) is 69.7 cm³/mol. The molecule has 2 aromatic heterocycles. The van der Waals surface area contributed by atoms with Gasteiger partial charge in [-0.3, -0.25) is 4.79 Å². The highest BCUT2D eigenvalue weighted by Crippen LogP contribution is 2.13. The lowest BCUT2D eigenvalue weighted by Crippen LogP contribution is -2.35. The van der Waals surface area contributed by atoms with Crippen molar-refractivity contribution in [3.05, 3.63) is 28.6 Å². The minimum atomic E-state index is -0.300. The summed E-state index contributed by atoms with van der Waals surface area (Å²) in [4.78, 5) is 16.4. The number of rotatable bonds is 3. The molecule has 2 rings (SSSR count). The highest BCUT2D eigenvalue weighted by molar-refractivity contribution is 5.33. The van der Waals surface area contributed by atoms with Crippen LogP contribution in [-0.4, -0.2) is 30.2 Å². The maximum atomic E-state index is 12.3. The summed E-state index contributed by atoms with van der Waals surface area (Å²) in [5.74, 6) is 0.752. The van der Waals surface area contributed by atoms with Gasteiger partial charge in [0.2, 0.25) is 0 Å². The second-order valence-electron chi connectivity index (χ2n) is 5.26. The maximum absolute atomic E-state index is 12.3. The van der Waals surface area contributed by atoms with Gasteiger partial charge in [-0.15, -0.1) is 10.2 Å². The molecule has 2 aromatic rings. The quantitative estimate of drug-likeness (QED) is 0.844. The van der Waals surface area contributed by atoms with Gasteiger partial charge < -0.3 is 9.88 Å². The summed E-state index contributed by atoms with van der Waals surface area (Å²) < 4.78 is 1.63. The summed E-state index contributed by atoms with van der Waals surface area (Å²) in [6.07, 6.45) is 3.27. The van der Waals surface area contributed by atoms with Gasteiger partial charge in [0.25, 0.3) is 5.56 Å². The lowest BCUT2D eigenvalue weighted by atomic mass is 10.1. The summed E-state index contributed by atoms with van der Waals surface area (Å²) in [7, 11) is 0. The van der Waals surface area contributed by atoms with Gasteiger partial charge in [0.05, 0.1) is 6.04 Å². The van der Waals surface area contributed by atoms with Crippen LogP contribution in [0.5, 0.6) is 0 Å². The average molecular weight is 263 g/mol. The lowest BCUT2D eigenvalue weighted by molar-refractivity contribution is 0.383. The number of nitrogens with zero attached hydrogens (tertiary/aromatic N) is 5. The topological polar surface area (TPSA) is 101 Å². The second kappa shape index (κ2) is 4.79. The van der Waals surface area contributed by atoms with Crippen LogP contribution in [0.4, 0.5) is 5.82 Å². The van der Waals surface area contributed by atoms with Crippen molar-refractivity contribution in [2.24, 2.45) is 0 Å². The SMILES string of the molecule is CC(Nc1nccn(C(C)(C)C)c1=O)c1nn[nH]n1. The normalized spacial score (nSPS) is 13.3. The zero-order valence-corrected chi connectivity index (χ0v) is 11.4. The molecule has 0 saturated heterocycles. The molecule has 0 saturated carbocycles. The smallest absolute Gasteiger partial charge is 0.293 e. The molecule has 102 valence electrons. The van der Waals surface area contributed by atoms with E-state index >= 15 is 0 Å². The number of aromatic amines is 1. The van der Waals surface area contributed by atoms with Gasteiger partial charge in [-0.2, -0.15) is 5.21 Å². The van der Waals surface area contributed by atoms with E-state index in [-0.39, 0.29) is 23.0 Å². The summed E-state index contributed by atoms with van der Waals surface area (Å²) in [5, 5.41) is 16.6. The molecule has 0 amide bonds. The number of H-pyrrole nitrogens is 1. The highest BCUT2D eigenvalue weighted by atomic mass is 16.1. The Morgan fingerprint density at radius 2 is 2.16 bits per heavy atom. The van der Waals surface area contributed by atoms with E-state index in [4.69, 9.17) is 0 Å². The number of hydrogen-bond acceptors (Lipinski definition) is 6. The molecule has 8 heteroatoms. The Kier molecular flexibility index (Phi) is 3.32. The third-order valence-electron chi connectivity index (χ3n) is 2.67. The van der Waals surface area contributed by atoms with E-state index in [1.54, 1.807) is 17.0 Å². The van der Waals surface area contributed by atoms with Crippen molar-refractivity contribution in [3.63, 3.8) is 0 Å². The molecule has 0 radical (unpaired) electrons. The molecule has 0 aliphatic carbocycles. The van der Waals surface area contributed by atoms with Gasteiger partial charge in [-0.05, 0) is 27.7 Å². The van der Waals surface area contributed by atoms with E-state index in [1.807, 2.05) is 27.7 Å². The van der Waals surface area contributed by atoms with Gasteiger partial charge in [0, 0.05) is 17.9 Å². The Balaban J connectivity index is 2.30. The first kappa shape index (κ1) is 13.2. The molecule has 1 unspecified atom stereocenters. The Morgan fingerprint density at radius 1 is 1.42 bits per heavy atom. The van der Waals surface area contributed by atoms with Crippen LogP contribution in [0.1, 0.15) is 39.6 Å². The summed E-state index contributed by atoms with van der Waals surface area (Å²) in [6, 6.07) is -0.255. The zero-order chi connectivity index (χ0) is 14.0. The molecule has 8 nitrogen and oxygen atoms in total. The minimum absolute atomic E-state index is 0.176. The number of hydrogen-bond donors (Lipinski definition) is 2. The Bertz CT molecular complexity index is 596. The van der Waals surface area contributed by atoms with Crippen molar-refractivity contribution in [1.29, 1.82) is 0 Å². The van der Waals surface area contributed by atoms with E-state index in [0.29, 0.717) is 5.82 Å². The highest BCUT2D eigenvalue weighted by Gasteiger charge is 2.18. The number of nitrogens with one attached hydrogen (secondary N) is 2. The third-order valence-corrected chi connectivity index (χ3v) is 2.67. The Hall–Kier alpha value is -2.25. The first-order valence-electron chi connectivity index (χ1n) is 5.97. The summed E-state index contributed by atoms with van der Waals surface area (Å²) in [6.45, 7) is 7.71. The van der Waals surface area contributed by atoms with Crippen LogP contribution in [-0.2, 0) is 5.54 Å². The Morgan fingerprint density at radius 3 is 2.74 bits per heavy atom. The summed E-state index contributed by atoms with van der Waals surface area (Å²) in [5.41, 5.74) is -0.475. The molecule has 0 spiro atoms. The molecule has 0 fully saturated rings. The monoisotopic (exact) mass is 263 g/mol. The largest absolute Gasteiger partial charge is 0.356 e. The van der Waals surface area contributed by atoms with Crippen LogP contribution in [0, 0.1) is 0 Å². The van der Waals surface area contributed by atoms with Crippen molar-refractivity contribution < 1.29 is 0 Å². The predicted octanol–water partition coefficient (Wildman–Crippen LogP) is 0.684. The minimum Gasteiger partial charge on any atom is -0.356 e. The molecule has 0 aromatic carbocycles. The molecule has 1 atom stereocenters. The molecule has 2 N–H and O–H groups in total. The van der Waals surface area contributed by atoms with Gasteiger partial charge in [-0.1, -0.05) is 5.21 Å². The number of anilines is 1. The van der Waals surface area contributed by atoms with Crippen LogP contribution >= 0.6 is 0 Å². The molecule has 2 heterocycles. The molecule has 19 heavy (non-hydrogen) atoms. The molecule has 0 aliphatic rings. The Labute approximate surface area is 110 Å². The van der Waals surface area contributed by atoms with Crippen LogP contribution in [0.3, 0.4) is 0 Å². The fourth-order valence-corrected chi connectivity index (χ4v) is 1.66. The van der Waals surface area contributed by atoms with E-state index in [0.717, 1.165) is 0 Å². The number of aromatic nitrogens is 6. The maximum Gasteiger partial charge on any atom is 0.293 e. The van der Waals surface area contributed by atoms with Crippen LogP contribution in [0.2, 0.25) is 0 Å². The molecular weight excluding hydrogens is 246 g/mol. The van der Waals surface area contributed by atoms with Gasteiger partial charge in [-0.25, -0.2) is 4.98 Å². The molecular formula is C11H17N7O. The molecule has 0 aliphatic heterocycles. The average Bonchev–Trinajstić information content (AvgIpc) is 2.83. The third kappa shape index (κ3) is 2.78. The van der Waals surface area contributed by atoms with Crippen LogP contribution < -0.4 is 10.9 Å². The van der Waals surface area contributed by atoms with Crippen molar-refractivity contribution in [2.75, 3.05) is 5.32 Å². The van der Waals surface area contributed by atoms with Crippen LogP contribution in [0.15, 0.2) is 17.2 Å². The van der Waals surface area contributed by atoms with Gasteiger partial charge in [0.15, 0.2) is 11.6 Å². The number of tetrazole rings is 1. The van der Waals surface area contributed by atoms with Gasteiger partial charge in [0.1, 0.15) is 0 Å². The van der Waals surface area contributed by atoms with Crippen LogP contribution in [0.25, 0.3) is 0 Å². The van der Waals surface area contributed by atoms with E-state index in [9.17, 15) is 4.79 Å². The van der Waals surface area contributed by atoms with E-state index in [1.165, 1.54) is 0 Å². The van der Waals surface area contributed by atoms with E-state index < -0.39 is 0 Å². The summed E-state index contributed by atoms with van der Waals surface area (Å²) >= 11 is 0. The molecule has 0 bridgehead atoms. The second-order valence-corrected chi connectivity index (χ2v) is 5.26. The van der Waals surface area contributed by atoms with Crippen molar-refractivity contribution in [1.82, 2.24) is 30.2 Å². The standard InChI is InChI=1S/C11H17N7O/c1-7(8-14-16-17-15-8)13-9-10(19)18(6-5-12-9)11(2,3)4/h5-7H,1-4H3,(H,12,13)(H,14,15,16,17).